The van der Waals surface area contributed by atoms with Crippen LogP contribution in [-0.4, -0.2) is 20.2 Å². The highest BCUT2D eigenvalue weighted by molar-refractivity contribution is 7.99. The quantitative estimate of drug-likeness (QED) is 0.159. The van der Waals surface area contributed by atoms with Gasteiger partial charge in [-0.2, -0.15) is 0 Å². The van der Waals surface area contributed by atoms with Crippen LogP contribution in [0.3, 0.4) is 0 Å². The fraction of sp³-hybridized carbons (Fsp3) is 0.300. The molecule has 1 aliphatic rings. The number of non-ortho nitro benzene ring substituents is 1. The normalized spacial score (nSPS) is 13.7. The lowest BCUT2D eigenvalue weighted by Gasteiger charge is -2.11. The van der Waals surface area contributed by atoms with Gasteiger partial charge in [-0.05, 0) is 43.4 Å². The van der Waals surface area contributed by atoms with Crippen LogP contribution < -0.4 is 5.56 Å². The number of aryl methyl sites for hydroxylation is 2. The minimum atomic E-state index is -0.458. The maximum Gasteiger partial charge on any atom is 0.269 e. The number of hydrogen-bond donors (Lipinski definition) is 0. The number of nitro groups is 1. The first-order valence-corrected chi connectivity index (χ1v) is 10.8. The van der Waals surface area contributed by atoms with E-state index in [2.05, 4.69) is 5.92 Å². The average molecular weight is 412 g/mol. The molecule has 0 saturated heterocycles. The molecule has 0 saturated carbocycles. The van der Waals surface area contributed by atoms with Gasteiger partial charge in [-0.1, -0.05) is 24.1 Å². The third-order valence-corrected chi connectivity index (χ3v) is 6.84. The average Bonchev–Trinajstić information content (AvgIpc) is 2.88. The summed E-state index contributed by atoms with van der Waals surface area (Å²) < 4.78 is 1.53. The highest BCUT2D eigenvalue weighted by Crippen LogP contribution is 2.34. The van der Waals surface area contributed by atoms with E-state index < -0.39 is 4.92 Å². The smallest absolute Gasteiger partial charge is 0.268 e. The summed E-state index contributed by atoms with van der Waals surface area (Å²) in [5.41, 5.74) is 1.53. The Bertz CT molecular complexity index is 1160. The molecule has 0 unspecified atom stereocenters. The summed E-state index contributed by atoms with van der Waals surface area (Å²) in [6, 6.07) is 5.96. The number of thioether (sulfide) groups is 1. The van der Waals surface area contributed by atoms with E-state index in [9.17, 15) is 14.9 Å². The Morgan fingerprint density at radius 2 is 2.00 bits per heavy atom. The topological polar surface area (TPSA) is 78.0 Å². The lowest BCUT2D eigenvalue weighted by atomic mass is 10.1. The van der Waals surface area contributed by atoms with Gasteiger partial charge in [0.15, 0.2) is 5.16 Å². The van der Waals surface area contributed by atoms with Crippen molar-refractivity contribution >= 4 is 39.0 Å². The summed E-state index contributed by atoms with van der Waals surface area (Å²) in [6.45, 7) is 0. The van der Waals surface area contributed by atoms with Gasteiger partial charge in [0.25, 0.3) is 11.2 Å². The van der Waals surface area contributed by atoms with Crippen molar-refractivity contribution in [3.8, 4) is 18.0 Å². The molecule has 4 rings (SSSR count). The third kappa shape index (κ3) is 3.32. The van der Waals surface area contributed by atoms with Gasteiger partial charge in [0, 0.05) is 17.0 Å². The number of aromatic nitrogens is 2. The van der Waals surface area contributed by atoms with Crippen LogP contribution in [0.5, 0.6) is 0 Å². The summed E-state index contributed by atoms with van der Waals surface area (Å²) in [5, 5.41) is 12.2. The number of rotatable bonds is 4. The van der Waals surface area contributed by atoms with Crippen molar-refractivity contribution in [2.75, 3.05) is 5.75 Å². The molecule has 0 aliphatic heterocycles. The first kappa shape index (κ1) is 18.7. The summed E-state index contributed by atoms with van der Waals surface area (Å²) in [4.78, 5) is 30.8. The molecular weight excluding hydrogens is 394 g/mol. The van der Waals surface area contributed by atoms with E-state index in [1.165, 1.54) is 39.8 Å². The molecule has 0 spiro atoms. The van der Waals surface area contributed by atoms with Gasteiger partial charge in [-0.25, -0.2) is 4.98 Å². The number of fused-ring (bicyclic) bond motifs is 3. The maximum atomic E-state index is 13.5. The summed E-state index contributed by atoms with van der Waals surface area (Å²) >= 11 is 2.93. The molecule has 3 aromatic rings. The Morgan fingerprint density at radius 3 is 2.71 bits per heavy atom. The Balaban J connectivity index is 1.95. The molecular formula is C20H17N3O3S2. The summed E-state index contributed by atoms with van der Waals surface area (Å²) in [6.07, 6.45) is 10.7. The van der Waals surface area contributed by atoms with E-state index in [0.29, 0.717) is 22.0 Å². The number of benzene rings is 1. The Hall–Kier alpha value is -2.63. The lowest BCUT2D eigenvalue weighted by Crippen LogP contribution is -2.22. The van der Waals surface area contributed by atoms with Gasteiger partial charge < -0.3 is 0 Å². The van der Waals surface area contributed by atoms with Crippen LogP contribution in [0.1, 0.15) is 29.7 Å². The minimum absolute atomic E-state index is 0.0203. The molecule has 6 nitrogen and oxygen atoms in total. The SMILES string of the molecule is C#CCSc1nc2sc3c(c2c(=O)n1-c1ccc([N+](=O)[O-])cc1)CCCCC3. The fourth-order valence-electron chi connectivity index (χ4n) is 3.52. The summed E-state index contributed by atoms with van der Waals surface area (Å²) in [5.74, 6) is 2.95. The largest absolute Gasteiger partial charge is 0.269 e. The van der Waals surface area contributed by atoms with Gasteiger partial charge in [-0.15, -0.1) is 17.8 Å². The number of thiophene rings is 1. The van der Waals surface area contributed by atoms with Gasteiger partial charge in [-0.3, -0.25) is 19.5 Å². The van der Waals surface area contributed by atoms with Crippen molar-refractivity contribution < 1.29 is 4.92 Å². The lowest BCUT2D eigenvalue weighted by molar-refractivity contribution is -0.384. The molecule has 1 aliphatic carbocycles. The number of hydrogen-bond acceptors (Lipinski definition) is 6. The molecule has 0 atom stereocenters. The monoisotopic (exact) mass is 411 g/mol. The molecule has 0 amide bonds. The second-order valence-electron chi connectivity index (χ2n) is 6.55. The Labute approximate surface area is 169 Å². The van der Waals surface area contributed by atoms with Crippen LogP contribution in [0.4, 0.5) is 5.69 Å². The van der Waals surface area contributed by atoms with Crippen LogP contribution in [0, 0.1) is 22.5 Å². The van der Waals surface area contributed by atoms with Crippen molar-refractivity contribution in [1.82, 2.24) is 9.55 Å². The van der Waals surface area contributed by atoms with Crippen molar-refractivity contribution in [1.29, 1.82) is 0 Å². The first-order chi connectivity index (χ1) is 13.6. The Kier molecular flexibility index (Phi) is 5.20. The zero-order chi connectivity index (χ0) is 19.7. The molecule has 2 heterocycles. The highest BCUT2D eigenvalue weighted by atomic mass is 32.2. The molecule has 0 bridgehead atoms. The van der Waals surface area contributed by atoms with Crippen molar-refractivity contribution in [2.45, 2.75) is 37.3 Å². The molecule has 0 N–H and O–H groups in total. The van der Waals surface area contributed by atoms with Crippen LogP contribution in [-0.2, 0) is 12.8 Å². The predicted octanol–water partition coefficient (Wildman–Crippen LogP) is 4.35. The molecule has 1 aromatic carbocycles. The van der Waals surface area contributed by atoms with Gasteiger partial charge in [0.1, 0.15) is 4.83 Å². The number of terminal acetylenes is 1. The van der Waals surface area contributed by atoms with E-state index in [1.807, 2.05) is 0 Å². The molecule has 0 radical (unpaired) electrons. The zero-order valence-corrected chi connectivity index (χ0v) is 16.6. The fourth-order valence-corrected chi connectivity index (χ4v) is 5.51. The van der Waals surface area contributed by atoms with E-state index in [0.717, 1.165) is 36.1 Å². The van der Waals surface area contributed by atoms with Crippen LogP contribution in [0.2, 0.25) is 0 Å². The third-order valence-electron chi connectivity index (χ3n) is 4.81. The Morgan fingerprint density at radius 1 is 1.25 bits per heavy atom. The van der Waals surface area contributed by atoms with E-state index in [4.69, 9.17) is 11.4 Å². The van der Waals surface area contributed by atoms with Crippen LogP contribution in [0.25, 0.3) is 15.9 Å². The standard InChI is InChI=1S/C20H17N3O3S2/c1-2-12-27-20-21-18-17(15-6-4-3-5-7-16(15)28-18)19(24)22(20)13-8-10-14(11-9-13)23(25)26/h1,8-11H,3-7,12H2. The molecule has 142 valence electrons. The van der Waals surface area contributed by atoms with Crippen molar-refractivity contribution in [2.24, 2.45) is 0 Å². The molecule has 0 fully saturated rings. The maximum absolute atomic E-state index is 13.5. The molecule has 2 aromatic heterocycles. The van der Waals surface area contributed by atoms with Crippen LogP contribution in [0.15, 0.2) is 34.2 Å². The molecule has 8 heteroatoms. The molecule has 28 heavy (non-hydrogen) atoms. The van der Waals surface area contributed by atoms with E-state index >= 15 is 0 Å². The second kappa shape index (κ2) is 7.78. The van der Waals surface area contributed by atoms with E-state index in [-0.39, 0.29) is 11.2 Å². The predicted molar refractivity (Wildman–Crippen MR) is 113 cm³/mol. The number of nitro benzene ring substituents is 1. The van der Waals surface area contributed by atoms with Gasteiger partial charge >= 0.3 is 0 Å². The van der Waals surface area contributed by atoms with Crippen molar-refractivity contribution in [3.63, 3.8) is 0 Å². The second-order valence-corrected chi connectivity index (χ2v) is 8.57. The van der Waals surface area contributed by atoms with Crippen molar-refractivity contribution in [3.05, 3.63) is 55.2 Å². The minimum Gasteiger partial charge on any atom is -0.268 e. The first-order valence-electron chi connectivity index (χ1n) is 8.98. The van der Waals surface area contributed by atoms with Gasteiger partial charge in [0.05, 0.1) is 21.7 Å². The summed E-state index contributed by atoms with van der Waals surface area (Å²) in [7, 11) is 0. The van der Waals surface area contributed by atoms with Gasteiger partial charge in [0.2, 0.25) is 0 Å². The van der Waals surface area contributed by atoms with Crippen LogP contribution >= 0.6 is 23.1 Å². The van der Waals surface area contributed by atoms with E-state index in [1.54, 1.807) is 23.5 Å². The number of nitrogens with zero attached hydrogens (tertiary/aromatic N) is 3. The highest BCUT2D eigenvalue weighted by Gasteiger charge is 2.22. The zero-order valence-electron chi connectivity index (χ0n) is 15.0.